The molecule has 3 heterocycles. The van der Waals surface area contributed by atoms with Crippen molar-refractivity contribution in [1.29, 1.82) is 0 Å². The predicted octanol–water partition coefficient (Wildman–Crippen LogP) is 4.96. The van der Waals surface area contributed by atoms with Gasteiger partial charge in [-0.05, 0) is 43.3 Å². The monoisotopic (exact) mass is 526 g/mol. The molecule has 1 aliphatic rings. The molecule has 1 aliphatic heterocycles. The number of ether oxygens (including phenoxy) is 1. The lowest BCUT2D eigenvalue weighted by Gasteiger charge is -2.26. The van der Waals surface area contributed by atoms with Gasteiger partial charge in [0.25, 0.3) is 0 Å². The summed E-state index contributed by atoms with van der Waals surface area (Å²) in [4.78, 5) is 15.3. The Balaban J connectivity index is 1.20. The first-order chi connectivity index (χ1) is 18.7. The maximum absolute atomic E-state index is 13.0. The summed E-state index contributed by atoms with van der Waals surface area (Å²) in [7, 11) is 0. The number of benzene rings is 3. The van der Waals surface area contributed by atoms with Gasteiger partial charge in [-0.1, -0.05) is 48.2 Å². The molecule has 38 heavy (non-hydrogen) atoms. The summed E-state index contributed by atoms with van der Waals surface area (Å²) >= 11 is 1.40. The first kappa shape index (κ1) is 24.7. The Bertz CT molecular complexity index is 1570. The molecule has 2 aromatic heterocycles. The summed E-state index contributed by atoms with van der Waals surface area (Å²) in [5, 5.41) is 15.1. The molecule has 194 valence electrons. The van der Waals surface area contributed by atoms with E-state index in [2.05, 4.69) is 72.9 Å². The minimum Gasteiger partial charge on any atom is -0.379 e. The number of nitrogens with one attached hydrogen (secondary N) is 1. The topological polar surface area (TPSA) is 77.2 Å². The molecule has 0 saturated carbocycles. The minimum atomic E-state index is -0.0779. The van der Waals surface area contributed by atoms with Crippen molar-refractivity contribution in [2.45, 2.75) is 25.2 Å². The van der Waals surface area contributed by atoms with Crippen molar-refractivity contribution in [3.8, 4) is 5.69 Å². The van der Waals surface area contributed by atoms with Crippen LogP contribution in [0.2, 0.25) is 0 Å². The second-order valence-electron chi connectivity index (χ2n) is 9.29. The smallest absolute Gasteiger partial charge is 0.234 e. The Morgan fingerprint density at radius 2 is 1.71 bits per heavy atom. The molecule has 8 nitrogen and oxygen atoms in total. The first-order valence-electron chi connectivity index (χ1n) is 12.9. The Morgan fingerprint density at radius 3 is 2.53 bits per heavy atom. The number of fused-ring (bicyclic) bond motifs is 3. The van der Waals surface area contributed by atoms with Crippen molar-refractivity contribution in [3.05, 3.63) is 78.6 Å². The number of hydrogen-bond acceptors (Lipinski definition) is 6. The number of aromatic nitrogens is 4. The molecular formula is C29H30N6O2S. The molecule has 0 spiro atoms. The number of anilines is 1. The highest BCUT2D eigenvalue weighted by molar-refractivity contribution is 7.99. The lowest BCUT2D eigenvalue weighted by atomic mass is 10.1. The van der Waals surface area contributed by atoms with Gasteiger partial charge in [0.2, 0.25) is 5.91 Å². The van der Waals surface area contributed by atoms with Crippen LogP contribution in [0.25, 0.3) is 27.5 Å². The Morgan fingerprint density at radius 1 is 0.947 bits per heavy atom. The fourth-order valence-electron chi connectivity index (χ4n) is 5.09. The van der Waals surface area contributed by atoms with Crippen molar-refractivity contribution in [2.24, 2.45) is 0 Å². The lowest BCUT2D eigenvalue weighted by molar-refractivity contribution is -0.113. The number of hydrogen-bond donors (Lipinski definition) is 1. The van der Waals surface area contributed by atoms with Gasteiger partial charge in [-0.15, -0.1) is 10.2 Å². The number of nitrogens with zero attached hydrogens (tertiary/aromatic N) is 5. The van der Waals surface area contributed by atoms with Gasteiger partial charge >= 0.3 is 0 Å². The Hall–Kier alpha value is -3.66. The highest BCUT2D eigenvalue weighted by Crippen LogP contribution is 2.31. The van der Waals surface area contributed by atoms with Crippen LogP contribution in [-0.4, -0.2) is 62.2 Å². The summed E-state index contributed by atoms with van der Waals surface area (Å²) in [5.41, 5.74) is 4.16. The summed E-state index contributed by atoms with van der Waals surface area (Å²) in [6.45, 7) is 6.92. The molecule has 9 heteroatoms. The molecule has 0 atom stereocenters. The third kappa shape index (κ3) is 4.92. The number of para-hydroxylation sites is 2. The minimum absolute atomic E-state index is 0.0779. The van der Waals surface area contributed by atoms with Crippen LogP contribution < -0.4 is 5.32 Å². The maximum Gasteiger partial charge on any atom is 0.234 e. The third-order valence-corrected chi connectivity index (χ3v) is 7.82. The van der Waals surface area contributed by atoms with Gasteiger partial charge in [0.05, 0.1) is 25.5 Å². The second kappa shape index (κ2) is 11.0. The molecule has 0 aliphatic carbocycles. The summed E-state index contributed by atoms with van der Waals surface area (Å²) in [6, 6.07) is 24.6. The van der Waals surface area contributed by atoms with Crippen molar-refractivity contribution >= 4 is 45.2 Å². The van der Waals surface area contributed by atoms with Gasteiger partial charge in [0, 0.05) is 52.8 Å². The molecule has 3 aromatic carbocycles. The van der Waals surface area contributed by atoms with Gasteiger partial charge in [0.1, 0.15) is 0 Å². The number of aryl methyl sites for hydroxylation is 1. The van der Waals surface area contributed by atoms with E-state index in [1.54, 1.807) is 0 Å². The van der Waals surface area contributed by atoms with Gasteiger partial charge < -0.3 is 14.6 Å². The van der Waals surface area contributed by atoms with E-state index < -0.39 is 0 Å². The first-order valence-corrected chi connectivity index (χ1v) is 13.9. The second-order valence-corrected chi connectivity index (χ2v) is 10.2. The molecule has 5 aromatic rings. The van der Waals surface area contributed by atoms with E-state index in [9.17, 15) is 4.79 Å². The Labute approximate surface area is 225 Å². The molecule has 6 rings (SSSR count). The quantitative estimate of drug-likeness (QED) is 0.288. The number of morpholine rings is 1. The van der Waals surface area contributed by atoms with E-state index in [1.165, 1.54) is 28.2 Å². The van der Waals surface area contributed by atoms with E-state index in [0.717, 1.165) is 55.4 Å². The molecule has 1 amide bonds. The summed E-state index contributed by atoms with van der Waals surface area (Å²) in [5.74, 6) is 1.02. The number of thioether (sulfide) groups is 1. The van der Waals surface area contributed by atoms with E-state index in [-0.39, 0.29) is 11.7 Å². The molecule has 1 saturated heterocycles. The predicted molar refractivity (Wildman–Crippen MR) is 152 cm³/mol. The standard InChI is InChI=1S/C29H30N6O2S/c1-2-34-25-11-7-6-10-23(25)24-18-21(12-13-26(24)34)30-28(36)20-38-29-32-31-27(19-33-14-16-37-17-15-33)35(29)22-8-4-3-5-9-22/h3-13,18H,2,14-17,19-20H2,1H3,(H,30,36). The van der Waals surface area contributed by atoms with Gasteiger partial charge in [-0.3, -0.25) is 14.3 Å². The van der Waals surface area contributed by atoms with E-state index in [4.69, 9.17) is 4.74 Å². The number of rotatable bonds is 8. The van der Waals surface area contributed by atoms with Crippen molar-refractivity contribution in [1.82, 2.24) is 24.2 Å². The normalized spacial score (nSPS) is 14.3. The largest absolute Gasteiger partial charge is 0.379 e. The van der Waals surface area contributed by atoms with Crippen molar-refractivity contribution < 1.29 is 9.53 Å². The van der Waals surface area contributed by atoms with Crippen molar-refractivity contribution in [3.63, 3.8) is 0 Å². The fourth-order valence-corrected chi connectivity index (χ4v) is 5.86. The SMILES string of the molecule is CCn1c2ccccc2c2cc(NC(=O)CSc3nnc(CN4CCOCC4)n3-c3ccccc3)ccc21. The zero-order valence-corrected chi connectivity index (χ0v) is 22.2. The van der Waals surface area contributed by atoms with Crippen LogP contribution in [-0.2, 0) is 22.6 Å². The van der Waals surface area contributed by atoms with Gasteiger partial charge in [-0.2, -0.15) is 0 Å². The number of carbonyl (C=O) groups is 1. The van der Waals surface area contributed by atoms with Crippen LogP contribution in [0.4, 0.5) is 5.69 Å². The highest BCUT2D eigenvalue weighted by atomic mass is 32.2. The average Bonchev–Trinajstić information content (AvgIpc) is 3.51. The van der Waals surface area contributed by atoms with E-state index in [1.807, 2.05) is 36.4 Å². The zero-order chi connectivity index (χ0) is 25.9. The molecule has 0 radical (unpaired) electrons. The fraction of sp³-hybridized carbons (Fsp3) is 0.276. The summed E-state index contributed by atoms with van der Waals surface area (Å²) in [6.07, 6.45) is 0. The summed E-state index contributed by atoms with van der Waals surface area (Å²) < 4.78 is 9.85. The average molecular weight is 527 g/mol. The molecule has 0 unspecified atom stereocenters. The van der Waals surface area contributed by atoms with Crippen LogP contribution in [0, 0.1) is 0 Å². The van der Waals surface area contributed by atoms with Crippen LogP contribution in [0.3, 0.4) is 0 Å². The Kier molecular flexibility index (Phi) is 7.13. The van der Waals surface area contributed by atoms with Crippen LogP contribution in [0.15, 0.2) is 78.0 Å². The van der Waals surface area contributed by atoms with E-state index >= 15 is 0 Å². The molecular weight excluding hydrogens is 496 g/mol. The maximum atomic E-state index is 13.0. The highest BCUT2D eigenvalue weighted by Gasteiger charge is 2.20. The lowest BCUT2D eigenvalue weighted by Crippen LogP contribution is -2.36. The van der Waals surface area contributed by atoms with Crippen LogP contribution in [0.5, 0.6) is 0 Å². The van der Waals surface area contributed by atoms with Crippen LogP contribution in [0.1, 0.15) is 12.7 Å². The van der Waals surface area contributed by atoms with Gasteiger partial charge in [-0.25, -0.2) is 0 Å². The van der Waals surface area contributed by atoms with Gasteiger partial charge in [0.15, 0.2) is 11.0 Å². The molecule has 1 fully saturated rings. The molecule has 0 bridgehead atoms. The third-order valence-electron chi connectivity index (χ3n) is 6.89. The molecule has 1 N–H and O–H groups in total. The van der Waals surface area contributed by atoms with Crippen molar-refractivity contribution in [2.75, 3.05) is 37.4 Å². The number of amides is 1. The van der Waals surface area contributed by atoms with E-state index in [0.29, 0.717) is 11.7 Å². The van der Waals surface area contributed by atoms with Crippen LogP contribution >= 0.6 is 11.8 Å². The number of carbonyl (C=O) groups excluding carboxylic acids is 1. The zero-order valence-electron chi connectivity index (χ0n) is 21.3.